The Morgan fingerprint density at radius 3 is 2.62 bits per heavy atom. The molecule has 0 spiro atoms. The van der Waals surface area contributed by atoms with E-state index in [1.807, 2.05) is 5.32 Å². The molecule has 21 heavy (non-hydrogen) atoms. The fourth-order valence-electron chi connectivity index (χ4n) is 1.38. The van der Waals surface area contributed by atoms with Gasteiger partial charge in [0.1, 0.15) is 6.54 Å². The first-order valence-electron chi connectivity index (χ1n) is 6.30. The summed E-state index contributed by atoms with van der Waals surface area (Å²) < 4.78 is 5.82. The van der Waals surface area contributed by atoms with E-state index in [0.717, 1.165) is 4.57 Å². The molecule has 0 unspecified atom stereocenters. The van der Waals surface area contributed by atoms with E-state index < -0.39 is 24.5 Å². The van der Waals surface area contributed by atoms with Crippen LogP contribution in [0.2, 0.25) is 0 Å². The molecule has 0 aliphatic heterocycles. The quantitative estimate of drug-likeness (QED) is 0.721. The summed E-state index contributed by atoms with van der Waals surface area (Å²) in [5.41, 5.74) is -0.352. The molecule has 2 N–H and O–H groups in total. The van der Waals surface area contributed by atoms with Crippen LogP contribution in [0.5, 0.6) is 0 Å². The lowest BCUT2D eigenvalue weighted by molar-refractivity contribution is -0.148. The second kappa shape index (κ2) is 7.83. The van der Waals surface area contributed by atoms with Crippen molar-refractivity contribution in [2.75, 3.05) is 6.61 Å². The molecule has 0 atom stereocenters. The molecule has 0 radical (unpaired) electrons. The molecule has 1 aromatic rings. The van der Waals surface area contributed by atoms with Crippen LogP contribution in [-0.4, -0.2) is 35.1 Å². The highest BCUT2D eigenvalue weighted by atomic mass is 16.5. The Bertz CT molecular complexity index is 579. The van der Waals surface area contributed by atoms with Crippen molar-refractivity contribution in [1.29, 1.82) is 0 Å². The van der Waals surface area contributed by atoms with Crippen LogP contribution < -0.4 is 16.2 Å². The van der Waals surface area contributed by atoms with E-state index in [1.165, 1.54) is 12.3 Å². The van der Waals surface area contributed by atoms with Gasteiger partial charge in [-0.25, -0.2) is 4.79 Å². The maximum absolute atomic E-state index is 11.5. The van der Waals surface area contributed by atoms with Crippen LogP contribution in [0.1, 0.15) is 13.8 Å². The highest BCUT2D eigenvalue weighted by Crippen LogP contribution is 1.87. The van der Waals surface area contributed by atoms with Crippen molar-refractivity contribution in [3.8, 4) is 0 Å². The molecule has 3 amide bonds. The summed E-state index contributed by atoms with van der Waals surface area (Å²) in [6.45, 7) is 2.58. The van der Waals surface area contributed by atoms with Gasteiger partial charge < -0.3 is 14.6 Å². The highest BCUT2D eigenvalue weighted by Gasteiger charge is 2.12. The lowest BCUT2D eigenvalue weighted by Gasteiger charge is -2.09. The van der Waals surface area contributed by atoms with Crippen LogP contribution in [0.4, 0.5) is 4.79 Å². The van der Waals surface area contributed by atoms with Crippen LogP contribution in [-0.2, 0) is 20.9 Å². The van der Waals surface area contributed by atoms with Gasteiger partial charge in [0.25, 0.3) is 11.5 Å². The molecule has 0 saturated carbocycles. The molecule has 1 heterocycles. The first-order valence-corrected chi connectivity index (χ1v) is 6.30. The van der Waals surface area contributed by atoms with Gasteiger partial charge in [-0.15, -0.1) is 0 Å². The topological polar surface area (TPSA) is 106 Å². The Kier molecular flexibility index (Phi) is 6.12. The van der Waals surface area contributed by atoms with Gasteiger partial charge in [-0.2, -0.15) is 0 Å². The minimum absolute atomic E-state index is 0.120. The number of urea groups is 1. The van der Waals surface area contributed by atoms with E-state index in [-0.39, 0.29) is 18.1 Å². The maximum atomic E-state index is 11.5. The van der Waals surface area contributed by atoms with E-state index >= 15 is 0 Å². The first-order chi connectivity index (χ1) is 9.88. The summed E-state index contributed by atoms with van der Waals surface area (Å²) in [5.74, 6) is -1.50. The number of hydrogen-bond donors (Lipinski definition) is 2. The number of rotatable bonds is 5. The van der Waals surface area contributed by atoms with E-state index in [1.54, 1.807) is 26.0 Å². The van der Waals surface area contributed by atoms with Crippen LogP contribution >= 0.6 is 0 Å². The Labute approximate surface area is 121 Å². The number of nitrogens with zero attached hydrogens (tertiary/aromatic N) is 1. The number of amides is 3. The van der Waals surface area contributed by atoms with E-state index in [4.69, 9.17) is 0 Å². The van der Waals surface area contributed by atoms with Crippen molar-refractivity contribution in [3.63, 3.8) is 0 Å². The predicted molar refractivity (Wildman–Crippen MR) is 73.5 cm³/mol. The van der Waals surface area contributed by atoms with Crippen LogP contribution in [0, 0.1) is 0 Å². The Balaban J connectivity index is 2.36. The number of aromatic nitrogens is 1. The van der Waals surface area contributed by atoms with Crippen molar-refractivity contribution in [2.45, 2.75) is 26.4 Å². The summed E-state index contributed by atoms with van der Waals surface area (Å²) in [5, 5.41) is 4.46. The van der Waals surface area contributed by atoms with Crippen molar-refractivity contribution in [2.24, 2.45) is 0 Å². The average molecular weight is 295 g/mol. The first kappa shape index (κ1) is 16.4. The van der Waals surface area contributed by atoms with Crippen LogP contribution in [0.25, 0.3) is 0 Å². The monoisotopic (exact) mass is 295 g/mol. The summed E-state index contributed by atoms with van der Waals surface area (Å²) >= 11 is 0. The van der Waals surface area contributed by atoms with Crippen molar-refractivity contribution < 1.29 is 19.1 Å². The van der Waals surface area contributed by atoms with Gasteiger partial charge in [0, 0.05) is 18.3 Å². The molecule has 0 saturated heterocycles. The van der Waals surface area contributed by atoms with Crippen molar-refractivity contribution in [3.05, 3.63) is 34.7 Å². The Hall–Kier alpha value is -2.64. The SMILES string of the molecule is CC(C)NC(=O)NC(=O)COC(=O)Cn1ccccc1=O. The van der Waals surface area contributed by atoms with Gasteiger partial charge in [0.2, 0.25) is 0 Å². The standard InChI is InChI=1S/C13H17N3O5/c1-9(2)14-13(20)15-10(17)8-21-12(19)7-16-6-4-3-5-11(16)18/h3-6,9H,7-8H2,1-2H3,(H2,14,15,17,20). The zero-order valence-electron chi connectivity index (χ0n) is 11.8. The Morgan fingerprint density at radius 2 is 2.00 bits per heavy atom. The van der Waals surface area contributed by atoms with E-state index in [2.05, 4.69) is 10.1 Å². The van der Waals surface area contributed by atoms with Gasteiger partial charge in [-0.05, 0) is 19.9 Å². The zero-order valence-corrected chi connectivity index (χ0v) is 11.8. The summed E-state index contributed by atoms with van der Waals surface area (Å²) in [7, 11) is 0. The zero-order chi connectivity index (χ0) is 15.8. The number of esters is 1. The molecule has 114 valence electrons. The number of nitrogens with one attached hydrogen (secondary N) is 2. The summed E-state index contributed by atoms with van der Waals surface area (Å²) in [6, 6.07) is 3.66. The third-order valence-electron chi connectivity index (χ3n) is 2.24. The number of hydrogen-bond acceptors (Lipinski definition) is 5. The minimum Gasteiger partial charge on any atom is -0.454 e. The smallest absolute Gasteiger partial charge is 0.326 e. The van der Waals surface area contributed by atoms with Gasteiger partial charge in [-0.1, -0.05) is 6.07 Å². The molecule has 0 aromatic carbocycles. The molecular formula is C13H17N3O5. The molecule has 8 heteroatoms. The average Bonchev–Trinajstić information content (AvgIpc) is 2.38. The van der Waals surface area contributed by atoms with Gasteiger partial charge in [0.15, 0.2) is 6.61 Å². The molecule has 0 aliphatic rings. The molecule has 0 fully saturated rings. The maximum Gasteiger partial charge on any atom is 0.326 e. The second-order valence-electron chi connectivity index (χ2n) is 4.50. The highest BCUT2D eigenvalue weighted by molar-refractivity contribution is 5.95. The number of pyridine rings is 1. The van der Waals surface area contributed by atoms with Gasteiger partial charge in [-0.3, -0.25) is 19.7 Å². The van der Waals surface area contributed by atoms with E-state index in [9.17, 15) is 19.2 Å². The molecule has 0 aliphatic carbocycles. The minimum atomic E-state index is -0.748. The van der Waals surface area contributed by atoms with Gasteiger partial charge >= 0.3 is 12.0 Å². The number of carbonyl (C=O) groups excluding carboxylic acids is 3. The third kappa shape index (κ3) is 6.37. The van der Waals surface area contributed by atoms with Crippen LogP contribution in [0.3, 0.4) is 0 Å². The second-order valence-corrected chi connectivity index (χ2v) is 4.50. The number of carbonyl (C=O) groups is 3. The summed E-state index contributed by atoms with van der Waals surface area (Å²) in [6.07, 6.45) is 1.43. The fourth-order valence-corrected chi connectivity index (χ4v) is 1.38. The molecular weight excluding hydrogens is 278 g/mol. The molecule has 8 nitrogen and oxygen atoms in total. The van der Waals surface area contributed by atoms with Crippen LogP contribution in [0.15, 0.2) is 29.2 Å². The third-order valence-corrected chi connectivity index (χ3v) is 2.24. The van der Waals surface area contributed by atoms with Gasteiger partial charge in [0.05, 0.1) is 0 Å². The number of ether oxygens (including phenoxy) is 1. The predicted octanol–water partition coefficient (Wildman–Crippen LogP) is -0.374. The lowest BCUT2D eigenvalue weighted by atomic mass is 10.4. The largest absolute Gasteiger partial charge is 0.454 e. The van der Waals surface area contributed by atoms with Crippen molar-refractivity contribution >= 4 is 17.9 Å². The Morgan fingerprint density at radius 1 is 1.29 bits per heavy atom. The fraction of sp³-hybridized carbons (Fsp3) is 0.385. The summed E-state index contributed by atoms with van der Waals surface area (Å²) in [4.78, 5) is 45.4. The van der Waals surface area contributed by atoms with Crippen molar-refractivity contribution in [1.82, 2.24) is 15.2 Å². The normalized spacial score (nSPS) is 10.0. The molecule has 0 bridgehead atoms. The molecule has 1 aromatic heterocycles. The van der Waals surface area contributed by atoms with E-state index in [0.29, 0.717) is 0 Å². The lowest BCUT2D eigenvalue weighted by Crippen LogP contribution is -2.44. The molecule has 1 rings (SSSR count). The number of imide groups is 1.